The van der Waals surface area contributed by atoms with Gasteiger partial charge in [0.15, 0.2) is 0 Å². The average molecular weight is 331 g/mol. The molecule has 6 heteroatoms. The largest absolute Gasteiger partial charge is 0.353 e. The van der Waals surface area contributed by atoms with Gasteiger partial charge >= 0.3 is 0 Å². The molecule has 0 aliphatic carbocycles. The maximum absolute atomic E-state index is 12.9. The van der Waals surface area contributed by atoms with E-state index in [1.54, 1.807) is 12.1 Å². The summed E-state index contributed by atoms with van der Waals surface area (Å²) in [4.78, 5) is 21.9. The number of aromatic nitrogens is 3. The van der Waals surface area contributed by atoms with E-state index in [-0.39, 0.29) is 11.9 Å². The van der Waals surface area contributed by atoms with Crippen molar-refractivity contribution in [3.05, 3.63) is 53.1 Å². The lowest BCUT2D eigenvalue weighted by atomic mass is 10.1. The van der Waals surface area contributed by atoms with E-state index < -0.39 is 0 Å². The molecule has 2 heterocycles. The van der Waals surface area contributed by atoms with Crippen LogP contribution in [-0.4, -0.2) is 31.4 Å². The van der Waals surface area contributed by atoms with Crippen LogP contribution in [0.5, 0.6) is 0 Å². The molecule has 0 atom stereocenters. The monoisotopic (exact) mass is 330 g/mol. The number of benzene rings is 1. The van der Waals surface area contributed by atoms with E-state index in [1.165, 1.54) is 0 Å². The predicted molar refractivity (Wildman–Crippen MR) is 91.5 cm³/mol. The molecule has 1 N–H and O–H groups in total. The van der Waals surface area contributed by atoms with E-state index >= 15 is 0 Å². The first-order valence-electron chi connectivity index (χ1n) is 7.52. The van der Waals surface area contributed by atoms with Crippen LogP contribution in [0.4, 0.5) is 0 Å². The Morgan fingerprint density at radius 1 is 1.39 bits per heavy atom. The van der Waals surface area contributed by atoms with Crippen LogP contribution in [0.3, 0.4) is 0 Å². The number of nitrogens with one attached hydrogen (secondary N) is 1. The zero-order chi connectivity index (χ0) is 16.6. The number of amides is 1. The van der Waals surface area contributed by atoms with Gasteiger partial charge in [0.1, 0.15) is 0 Å². The number of hydrogen-bond acceptors (Lipinski definition) is 2. The van der Waals surface area contributed by atoms with Gasteiger partial charge in [-0.3, -0.25) is 4.79 Å². The minimum absolute atomic E-state index is 0.00572. The first kappa shape index (κ1) is 15.6. The molecule has 0 fully saturated rings. The molecule has 0 saturated heterocycles. The number of nitrogens with zero attached hydrogens (tertiary/aromatic N) is 3. The number of aromatic amines is 1. The highest BCUT2D eigenvalue weighted by molar-refractivity contribution is 6.29. The molecule has 1 amide bonds. The lowest BCUT2D eigenvalue weighted by Gasteiger charge is -2.27. The molecule has 2 aromatic heterocycles. The Morgan fingerprint density at radius 3 is 2.83 bits per heavy atom. The second-order valence-electron chi connectivity index (χ2n) is 5.90. The Hall–Kier alpha value is -2.27. The number of hydrogen-bond donors (Lipinski definition) is 1. The van der Waals surface area contributed by atoms with Gasteiger partial charge in [0, 0.05) is 30.5 Å². The first-order chi connectivity index (χ1) is 11.0. The molecule has 0 bridgehead atoms. The Bertz CT molecular complexity index is 849. The molecule has 0 saturated carbocycles. The molecular weight excluding hydrogens is 312 g/mol. The topological polar surface area (TPSA) is 53.9 Å². The quantitative estimate of drug-likeness (QED) is 0.794. The molecule has 120 valence electrons. The van der Waals surface area contributed by atoms with Gasteiger partial charge in [-0.25, -0.2) is 4.98 Å². The normalized spacial score (nSPS) is 11.3. The second-order valence-corrected chi connectivity index (χ2v) is 6.25. The van der Waals surface area contributed by atoms with Gasteiger partial charge < -0.3 is 14.5 Å². The fraction of sp³-hybridized carbons (Fsp3) is 0.294. The molecular formula is C17H19ClN4O. The standard InChI is InChI=1S/C17H19ClN4O/c1-11(2)22(10-13-5-4-8-21(13)3)16(23)12-6-7-14-15(9-12)20-17(18)19-14/h4-9,11H,10H2,1-3H3,(H,19,20). The van der Waals surface area contributed by atoms with Crippen molar-refractivity contribution in [3.8, 4) is 0 Å². The summed E-state index contributed by atoms with van der Waals surface area (Å²) in [5, 5.41) is 0.328. The molecule has 3 aromatic rings. The number of halogens is 1. The fourth-order valence-electron chi connectivity index (χ4n) is 2.60. The minimum atomic E-state index is -0.00572. The highest BCUT2D eigenvalue weighted by Gasteiger charge is 2.20. The molecule has 0 aliphatic heterocycles. The van der Waals surface area contributed by atoms with Crippen LogP contribution in [-0.2, 0) is 13.6 Å². The number of carbonyl (C=O) groups excluding carboxylic acids is 1. The SMILES string of the molecule is CC(C)N(Cc1cccn1C)C(=O)c1ccc2nc(Cl)[nH]c2c1. The van der Waals surface area contributed by atoms with Crippen molar-refractivity contribution in [1.29, 1.82) is 0 Å². The second kappa shape index (κ2) is 6.08. The Balaban J connectivity index is 1.91. The zero-order valence-corrected chi connectivity index (χ0v) is 14.1. The summed E-state index contributed by atoms with van der Waals surface area (Å²) in [5.74, 6) is -0.00572. The molecule has 3 rings (SSSR count). The Kier molecular flexibility index (Phi) is 4.13. The van der Waals surface area contributed by atoms with Crippen LogP contribution in [0.15, 0.2) is 36.5 Å². The van der Waals surface area contributed by atoms with Crippen molar-refractivity contribution in [2.24, 2.45) is 7.05 Å². The summed E-state index contributed by atoms with van der Waals surface area (Å²) < 4.78 is 2.03. The minimum Gasteiger partial charge on any atom is -0.353 e. The van der Waals surface area contributed by atoms with Gasteiger partial charge in [-0.05, 0) is 55.8 Å². The van der Waals surface area contributed by atoms with E-state index in [0.717, 1.165) is 16.7 Å². The molecule has 23 heavy (non-hydrogen) atoms. The van der Waals surface area contributed by atoms with Gasteiger partial charge in [-0.2, -0.15) is 0 Å². The van der Waals surface area contributed by atoms with Gasteiger partial charge in [-0.1, -0.05) is 0 Å². The molecule has 0 aliphatic rings. The van der Waals surface area contributed by atoms with E-state index in [0.29, 0.717) is 17.4 Å². The summed E-state index contributed by atoms with van der Waals surface area (Å²) in [6.07, 6.45) is 1.98. The number of carbonyl (C=O) groups is 1. The Morgan fingerprint density at radius 2 is 2.17 bits per heavy atom. The van der Waals surface area contributed by atoms with E-state index in [2.05, 4.69) is 9.97 Å². The number of imidazole rings is 1. The summed E-state index contributed by atoms with van der Waals surface area (Å²) in [5.41, 5.74) is 3.24. The molecule has 5 nitrogen and oxygen atoms in total. The highest BCUT2D eigenvalue weighted by atomic mass is 35.5. The first-order valence-corrected chi connectivity index (χ1v) is 7.90. The zero-order valence-electron chi connectivity index (χ0n) is 13.4. The molecule has 0 unspecified atom stereocenters. The van der Waals surface area contributed by atoms with Crippen LogP contribution in [0.1, 0.15) is 29.9 Å². The van der Waals surface area contributed by atoms with Crippen LogP contribution < -0.4 is 0 Å². The number of fused-ring (bicyclic) bond motifs is 1. The third-order valence-corrected chi connectivity index (χ3v) is 4.15. The van der Waals surface area contributed by atoms with Crippen LogP contribution in [0.2, 0.25) is 5.28 Å². The third kappa shape index (κ3) is 3.10. The van der Waals surface area contributed by atoms with Crippen LogP contribution in [0.25, 0.3) is 11.0 Å². The summed E-state index contributed by atoms with van der Waals surface area (Å²) >= 11 is 5.88. The van der Waals surface area contributed by atoms with E-state index in [9.17, 15) is 4.79 Å². The van der Waals surface area contributed by atoms with Gasteiger partial charge in [-0.15, -0.1) is 0 Å². The van der Waals surface area contributed by atoms with Crippen LogP contribution >= 0.6 is 11.6 Å². The lowest BCUT2D eigenvalue weighted by molar-refractivity contribution is 0.0686. The Labute approximate surface area is 139 Å². The summed E-state index contributed by atoms with van der Waals surface area (Å²) in [6.45, 7) is 4.61. The van der Waals surface area contributed by atoms with Crippen molar-refractivity contribution >= 4 is 28.5 Å². The lowest BCUT2D eigenvalue weighted by Crippen LogP contribution is -2.36. The van der Waals surface area contributed by atoms with Crippen molar-refractivity contribution < 1.29 is 4.79 Å². The van der Waals surface area contributed by atoms with Crippen molar-refractivity contribution in [3.63, 3.8) is 0 Å². The third-order valence-electron chi connectivity index (χ3n) is 3.97. The van der Waals surface area contributed by atoms with E-state index in [1.807, 2.05) is 54.8 Å². The number of aryl methyl sites for hydroxylation is 1. The fourth-order valence-corrected chi connectivity index (χ4v) is 2.79. The predicted octanol–water partition coefficient (Wildman–Crippen LogP) is 3.61. The summed E-state index contributed by atoms with van der Waals surface area (Å²) in [7, 11) is 1.98. The molecule has 0 spiro atoms. The van der Waals surface area contributed by atoms with Gasteiger partial charge in [0.25, 0.3) is 5.91 Å². The van der Waals surface area contributed by atoms with Gasteiger partial charge in [0.2, 0.25) is 5.28 Å². The molecule has 1 aromatic carbocycles. The number of H-pyrrole nitrogens is 1. The summed E-state index contributed by atoms with van der Waals surface area (Å²) in [6, 6.07) is 9.52. The van der Waals surface area contributed by atoms with Crippen molar-refractivity contribution in [1.82, 2.24) is 19.4 Å². The highest BCUT2D eigenvalue weighted by Crippen LogP contribution is 2.19. The average Bonchev–Trinajstić information content (AvgIpc) is 3.07. The smallest absolute Gasteiger partial charge is 0.254 e. The van der Waals surface area contributed by atoms with Crippen LogP contribution in [0, 0.1) is 0 Å². The van der Waals surface area contributed by atoms with Gasteiger partial charge in [0.05, 0.1) is 17.6 Å². The number of rotatable bonds is 4. The maximum atomic E-state index is 12.9. The van der Waals surface area contributed by atoms with E-state index in [4.69, 9.17) is 11.6 Å². The molecule has 0 radical (unpaired) electrons. The van der Waals surface area contributed by atoms with Crippen molar-refractivity contribution in [2.75, 3.05) is 0 Å². The maximum Gasteiger partial charge on any atom is 0.254 e. The van der Waals surface area contributed by atoms with Crippen molar-refractivity contribution in [2.45, 2.75) is 26.4 Å².